The Labute approximate surface area is 203 Å². The number of rotatable bonds is 8. The topological polar surface area (TPSA) is 98.1 Å². The number of hydrogen-bond donors (Lipinski definition) is 1. The normalized spacial score (nSPS) is 12.8. The molecule has 0 fully saturated rings. The zero-order valence-electron chi connectivity index (χ0n) is 20.2. The predicted octanol–water partition coefficient (Wildman–Crippen LogP) is 4.22. The van der Waals surface area contributed by atoms with Gasteiger partial charge in [-0.15, -0.1) is 0 Å². The number of amides is 2. The third kappa shape index (κ3) is 5.54. The fourth-order valence-corrected chi connectivity index (χ4v) is 3.71. The number of hydrogen-bond acceptors (Lipinski definition) is 6. The standard InChI is InChI=1S/C27H28N2O6/c1-16(2)28-27(32)24-10-8-20(35-24)13-29-21-12-19(7-9-23(21)34-15-26(29)31)22(30)14-33-25-11-17(3)5-6-18(25)4/h5-12,16H,13-15H2,1-4H3,(H,28,32). The van der Waals surface area contributed by atoms with Gasteiger partial charge in [-0.2, -0.15) is 0 Å². The second kappa shape index (κ2) is 10.0. The van der Waals surface area contributed by atoms with E-state index in [1.165, 1.54) is 4.90 Å². The summed E-state index contributed by atoms with van der Waals surface area (Å²) in [4.78, 5) is 39.2. The molecule has 1 aromatic heterocycles. The van der Waals surface area contributed by atoms with Crippen LogP contribution in [0.5, 0.6) is 11.5 Å². The van der Waals surface area contributed by atoms with E-state index >= 15 is 0 Å². The molecule has 0 aliphatic carbocycles. The molecule has 0 saturated carbocycles. The summed E-state index contributed by atoms with van der Waals surface area (Å²) in [5, 5.41) is 2.77. The summed E-state index contributed by atoms with van der Waals surface area (Å²) in [6.07, 6.45) is 0. The molecule has 0 unspecified atom stereocenters. The molecule has 182 valence electrons. The van der Waals surface area contributed by atoms with Crippen molar-refractivity contribution in [1.29, 1.82) is 0 Å². The molecular formula is C27H28N2O6. The fraction of sp³-hybridized carbons (Fsp3) is 0.296. The summed E-state index contributed by atoms with van der Waals surface area (Å²) in [5.74, 6) is 0.928. The van der Waals surface area contributed by atoms with E-state index < -0.39 is 0 Å². The van der Waals surface area contributed by atoms with Crippen molar-refractivity contribution in [2.45, 2.75) is 40.3 Å². The quantitative estimate of drug-likeness (QED) is 0.489. The summed E-state index contributed by atoms with van der Waals surface area (Å²) in [6.45, 7) is 7.43. The van der Waals surface area contributed by atoms with Gasteiger partial charge in [-0.3, -0.25) is 19.3 Å². The van der Waals surface area contributed by atoms with Crippen LogP contribution in [0.1, 0.15) is 51.6 Å². The lowest BCUT2D eigenvalue weighted by molar-refractivity contribution is -0.121. The van der Waals surface area contributed by atoms with E-state index in [1.807, 2.05) is 45.9 Å². The van der Waals surface area contributed by atoms with Crippen molar-refractivity contribution in [2.75, 3.05) is 18.1 Å². The molecule has 0 saturated heterocycles. The summed E-state index contributed by atoms with van der Waals surface area (Å²) in [6, 6.07) is 14.0. The van der Waals surface area contributed by atoms with Crippen LogP contribution in [-0.2, 0) is 11.3 Å². The molecule has 4 rings (SSSR count). The first-order valence-electron chi connectivity index (χ1n) is 11.4. The minimum Gasteiger partial charge on any atom is -0.485 e. The highest BCUT2D eigenvalue weighted by molar-refractivity contribution is 6.02. The van der Waals surface area contributed by atoms with Crippen molar-refractivity contribution >= 4 is 23.3 Å². The van der Waals surface area contributed by atoms with Crippen LogP contribution in [0.25, 0.3) is 0 Å². The minimum absolute atomic E-state index is 0.0292. The van der Waals surface area contributed by atoms with Crippen LogP contribution in [0.2, 0.25) is 0 Å². The Kier molecular flexibility index (Phi) is 6.91. The monoisotopic (exact) mass is 476 g/mol. The van der Waals surface area contributed by atoms with Crippen LogP contribution in [0, 0.1) is 13.8 Å². The number of Topliss-reactive ketones (excluding diaryl/α,β-unsaturated/α-hetero) is 1. The molecule has 1 aliphatic heterocycles. The van der Waals surface area contributed by atoms with Gasteiger partial charge in [0.05, 0.1) is 12.2 Å². The zero-order chi connectivity index (χ0) is 25.1. The summed E-state index contributed by atoms with van der Waals surface area (Å²) in [5.41, 5.74) is 2.84. The molecule has 1 N–H and O–H groups in total. The minimum atomic E-state index is -0.323. The van der Waals surface area contributed by atoms with Gasteiger partial charge in [0.1, 0.15) is 17.3 Å². The Morgan fingerprint density at radius 1 is 1.09 bits per heavy atom. The van der Waals surface area contributed by atoms with Crippen molar-refractivity contribution in [3.05, 3.63) is 76.7 Å². The number of anilines is 1. The molecule has 8 nitrogen and oxygen atoms in total. The maximum Gasteiger partial charge on any atom is 0.287 e. The second-order valence-corrected chi connectivity index (χ2v) is 8.83. The van der Waals surface area contributed by atoms with Gasteiger partial charge in [0.2, 0.25) is 0 Å². The third-order valence-electron chi connectivity index (χ3n) is 5.55. The highest BCUT2D eigenvalue weighted by Crippen LogP contribution is 2.34. The fourth-order valence-electron chi connectivity index (χ4n) is 3.71. The number of nitrogens with one attached hydrogen (secondary N) is 1. The van der Waals surface area contributed by atoms with Crippen LogP contribution in [0.4, 0.5) is 5.69 Å². The lowest BCUT2D eigenvalue weighted by Gasteiger charge is -2.29. The molecule has 0 spiro atoms. The van der Waals surface area contributed by atoms with Crippen molar-refractivity contribution in [1.82, 2.24) is 5.32 Å². The van der Waals surface area contributed by atoms with E-state index in [0.29, 0.717) is 28.5 Å². The van der Waals surface area contributed by atoms with E-state index in [4.69, 9.17) is 13.9 Å². The molecular weight excluding hydrogens is 448 g/mol. The molecule has 3 aromatic rings. The van der Waals surface area contributed by atoms with E-state index in [1.54, 1.807) is 30.3 Å². The number of ketones is 1. The number of furan rings is 1. The molecule has 8 heteroatoms. The number of ether oxygens (including phenoxy) is 2. The molecule has 35 heavy (non-hydrogen) atoms. The maximum absolute atomic E-state index is 12.9. The molecule has 1 aliphatic rings. The van der Waals surface area contributed by atoms with Crippen molar-refractivity contribution in [3.63, 3.8) is 0 Å². The van der Waals surface area contributed by atoms with Crippen LogP contribution in [-0.4, -0.2) is 36.9 Å². The van der Waals surface area contributed by atoms with Gasteiger partial charge in [0, 0.05) is 11.6 Å². The molecule has 0 radical (unpaired) electrons. The van der Waals surface area contributed by atoms with Crippen molar-refractivity contribution in [2.24, 2.45) is 0 Å². The predicted molar refractivity (Wildman–Crippen MR) is 130 cm³/mol. The number of carbonyl (C=O) groups excluding carboxylic acids is 3. The van der Waals surface area contributed by atoms with Gasteiger partial charge in [-0.1, -0.05) is 12.1 Å². The first-order chi connectivity index (χ1) is 16.7. The van der Waals surface area contributed by atoms with Gasteiger partial charge in [-0.05, 0) is 75.2 Å². The average Bonchev–Trinajstić information content (AvgIpc) is 3.29. The lowest BCUT2D eigenvalue weighted by Crippen LogP contribution is -2.38. The third-order valence-corrected chi connectivity index (χ3v) is 5.55. The zero-order valence-corrected chi connectivity index (χ0v) is 20.2. The Hall–Kier alpha value is -4.07. The van der Waals surface area contributed by atoms with Gasteiger partial charge in [-0.25, -0.2) is 0 Å². The van der Waals surface area contributed by atoms with E-state index in [-0.39, 0.29) is 49.2 Å². The lowest BCUT2D eigenvalue weighted by atomic mass is 10.1. The largest absolute Gasteiger partial charge is 0.485 e. The number of fused-ring (bicyclic) bond motifs is 1. The average molecular weight is 477 g/mol. The highest BCUT2D eigenvalue weighted by Gasteiger charge is 2.28. The SMILES string of the molecule is Cc1ccc(C)c(OCC(=O)c2ccc3c(c2)N(Cc2ccc(C(=O)NC(C)C)o2)C(=O)CO3)c1. The Bertz CT molecular complexity index is 1280. The van der Waals surface area contributed by atoms with Gasteiger partial charge in [0.15, 0.2) is 24.8 Å². The van der Waals surface area contributed by atoms with Crippen LogP contribution < -0.4 is 19.7 Å². The molecule has 2 amide bonds. The second-order valence-electron chi connectivity index (χ2n) is 8.83. The first kappa shape index (κ1) is 24.1. The Balaban J connectivity index is 1.51. The molecule has 2 aromatic carbocycles. The summed E-state index contributed by atoms with van der Waals surface area (Å²) >= 11 is 0. The number of nitrogens with zero attached hydrogens (tertiary/aromatic N) is 1. The van der Waals surface area contributed by atoms with Gasteiger partial charge < -0.3 is 19.2 Å². The highest BCUT2D eigenvalue weighted by atomic mass is 16.5. The number of aryl methyl sites for hydroxylation is 2. The smallest absolute Gasteiger partial charge is 0.287 e. The van der Waals surface area contributed by atoms with Gasteiger partial charge in [0.25, 0.3) is 11.8 Å². The van der Waals surface area contributed by atoms with Crippen molar-refractivity contribution in [3.8, 4) is 11.5 Å². The van der Waals surface area contributed by atoms with E-state index in [0.717, 1.165) is 11.1 Å². The van der Waals surface area contributed by atoms with E-state index in [2.05, 4.69) is 5.32 Å². The number of carbonyl (C=O) groups is 3. The van der Waals surface area contributed by atoms with Crippen LogP contribution in [0.15, 0.2) is 52.9 Å². The Morgan fingerprint density at radius 3 is 2.66 bits per heavy atom. The summed E-state index contributed by atoms with van der Waals surface area (Å²) < 4.78 is 17.0. The molecule has 0 bridgehead atoms. The van der Waals surface area contributed by atoms with Crippen molar-refractivity contribution < 1.29 is 28.3 Å². The summed E-state index contributed by atoms with van der Waals surface area (Å²) in [7, 11) is 0. The first-order valence-corrected chi connectivity index (χ1v) is 11.4. The van der Waals surface area contributed by atoms with E-state index in [9.17, 15) is 14.4 Å². The Morgan fingerprint density at radius 2 is 1.89 bits per heavy atom. The van der Waals surface area contributed by atoms with Crippen LogP contribution >= 0.6 is 0 Å². The molecule has 0 atom stereocenters. The van der Waals surface area contributed by atoms with Crippen LogP contribution in [0.3, 0.4) is 0 Å². The molecule has 2 heterocycles. The maximum atomic E-state index is 12.9. The van der Waals surface area contributed by atoms with Gasteiger partial charge >= 0.3 is 0 Å². The number of benzene rings is 2.